The van der Waals surface area contributed by atoms with E-state index in [-0.39, 0.29) is 5.82 Å². The number of halogens is 4. The fraction of sp³-hybridized carbons (Fsp3) is 0.286. The molecule has 0 fully saturated rings. The van der Waals surface area contributed by atoms with Gasteiger partial charge in [0.2, 0.25) is 5.28 Å². The standard InChI is InChI=1S/C14H13ClF3N3/c1-8-4-9(2)6-10(5-8)21(3)12-7-11(14(16,17)18)19-13(15)20-12/h4-7H,1-3H3. The molecular formula is C14H13ClF3N3. The van der Waals surface area contributed by atoms with Crippen molar-refractivity contribution in [2.24, 2.45) is 0 Å². The van der Waals surface area contributed by atoms with Crippen LogP contribution < -0.4 is 4.90 Å². The van der Waals surface area contributed by atoms with E-state index in [0.29, 0.717) is 0 Å². The van der Waals surface area contributed by atoms with E-state index in [1.165, 1.54) is 0 Å². The Balaban J connectivity index is 2.48. The highest BCUT2D eigenvalue weighted by molar-refractivity contribution is 6.28. The lowest BCUT2D eigenvalue weighted by atomic mass is 10.1. The van der Waals surface area contributed by atoms with Crippen LogP contribution in [0.25, 0.3) is 0 Å². The van der Waals surface area contributed by atoms with Crippen molar-refractivity contribution in [3.63, 3.8) is 0 Å². The Hall–Kier alpha value is -1.82. The predicted molar refractivity (Wildman–Crippen MR) is 76.0 cm³/mol. The van der Waals surface area contributed by atoms with E-state index in [4.69, 9.17) is 11.6 Å². The first kappa shape index (κ1) is 15.6. The van der Waals surface area contributed by atoms with E-state index in [1.807, 2.05) is 32.0 Å². The van der Waals surface area contributed by atoms with Gasteiger partial charge in [0.1, 0.15) is 5.82 Å². The summed E-state index contributed by atoms with van der Waals surface area (Å²) in [4.78, 5) is 8.63. The SMILES string of the molecule is Cc1cc(C)cc(N(C)c2cc(C(F)(F)F)nc(Cl)n2)c1. The maximum atomic E-state index is 12.8. The summed E-state index contributed by atoms with van der Waals surface area (Å²) >= 11 is 5.60. The lowest BCUT2D eigenvalue weighted by Gasteiger charge is -2.20. The van der Waals surface area contributed by atoms with Gasteiger partial charge in [0.25, 0.3) is 0 Å². The molecule has 0 aliphatic carbocycles. The largest absolute Gasteiger partial charge is 0.433 e. The van der Waals surface area contributed by atoms with E-state index in [9.17, 15) is 13.2 Å². The number of nitrogens with zero attached hydrogens (tertiary/aromatic N) is 3. The van der Waals surface area contributed by atoms with Crippen molar-refractivity contribution in [3.8, 4) is 0 Å². The smallest absolute Gasteiger partial charge is 0.329 e. The molecule has 2 rings (SSSR count). The molecule has 112 valence electrons. The number of hydrogen-bond donors (Lipinski definition) is 0. The van der Waals surface area contributed by atoms with Gasteiger partial charge < -0.3 is 4.90 Å². The summed E-state index contributed by atoms with van der Waals surface area (Å²) in [5, 5.41) is -0.434. The van der Waals surface area contributed by atoms with Crippen LogP contribution in [0, 0.1) is 13.8 Å². The van der Waals surface area contributed by atoms with Crippen molar-refractivity contribution in [1.82, 2.24) is 9.97 Å². The fourth-order valence-corrected chi connectivity index (χ4v) is 2.18. The third kappa shape index (κ3) is 3.64. The normalized spacial score (nSPS) is 11.6. The van der Waals surface area contributed by atoms with E-state index in [0.717, 1.165) is 22.9 Å². The Morgan fingerprint density at radius 1 is 1.00 bits per heavy atom. The molecule has 1 aromatic carbocycles. The zero-order valence-corrected chi connectivity index (χ0v) is 12.4. The third-order valence-electron chi connectivity index (χ3n) is 2.91. The number of aryl methyl sites for hydroxylation is 2. The molecule has 2 aromatic rings. The molecule has 21 heavy (non-hydrogen) atoms. The zero-order valence-electron chi connectivity index (χ0n) is 11.7. The first-order chi connectivity index (χ1) is 9.66. The highest BCUT2D eigenvalue weighted by Gasteiger charge is 2.34. The van der Waals surface area contributed by atoms with Gasteiger partial charge >= 0.3 is 6.18 Å². The van der Waals surface area contributed by atoms with Gasteiger partial charge in [-0.25, -0.2) is 9.97 Å². The van der Waals surface area contributed by atoms with Crippen LogP contribution in [-0.4, -0.2) is 17.0 Å². The number of rotatable bonds is 2. The summed E-state index contributed by atoms with van der Waals surface area (Å²) in [5.74, 6) is 0.0901. The van der Waals surface area contributed by atoms with E-state index >= 15 is 0 Å². The molecule has 1 aromatic heterocycles. The van der Waals surface area contributed by atoms with Crippen molar-refractivity contribution in [2.75, 3.05) is 11.9 Å². The molecule has 0 bridgehead atoms. The summed E-state index contributed by atoms with van der Waals surface area (Å²) < 4.78 is 38.3. The molecule has 0 N–H and O–H groups in total. The Labute approximate surface area is 125 Å². The molecule has 0 spiro atoms. The summed E-state index contributed by atoms with van der Waals surface area (Å²) in [6.45, 7) is 3.83. The molecule has 0 aliphatic heterocycles. The van der Waals surface area contributed by atoms with Crippen LogP contribution in [0.15, 0.2) is 24.3 Å². The van der Waals surface area contributed by atoms with Gasteiger partial charge in [-0.2, -0.15) is 13.2 Å². The number of benzene rings is 1. The van der Waals surface area contributed by atoms with E-state index < -0.39 is 17.2 Å². The van der Waals surface area contributed by atoms with Crippen LogP contribution >= 0.6 is 11.6 Å². The van der Waals surface area contributed by atoms with Gasteiger partial charge in [-0.05, 0) is 48.7 Å². The van der Waals surface area contributed by atoms with Gasteiger partial charge in [0, 0.05) is 18.8 Å². The predicted octanol–water partition coefficient (Wildman–Crippen LogP) is 4.53. The molecule has 0 aliphatic rings. The van der Waals surface area contributed by atoms with Crippen LogP contribution in [0.1, 0.15) is 16.8 Å². The second kappa shape index (κ2) is 5.52. The second-order valence-electron chi connectivity index (χ2n) is 4.78. The topological polar surface area (TPSA) is 29.0 Å². The van der Waals surface area contributed by atoms with Gasteiger partial charge in [-0.3, -0.25) is 0 Å². The molecule has 0 unspecified atom stereocenters. The molecule has 1 heterocycles. The first-order valence-electron chi connectivity index (χ1n) is 6.10. The lowest BCUT2D eigenvalue weighted by molar-refractivity contribution is -0.141. The Morgan fingerprint density at radius 3 is 2.10 bits per heavy atom. The molecular weight excluding hydrogens is 303 g/mol. The summed E-state index contributed by atoms with van der Waals surface area (Å²) in [6.07, 6.45) is -4.56. The Kier molecular flexibility index (Phi) is 4.09. The molecule has 3 nitrogen and oxygen atoms in total. The number of aromatic nitrogens is 2. The molecule has 0 atom stereocenters. The third-order valence-corrected chi connectivity index (χ3v) is 3.08. The van der Waals surface area contributed by atoms with Crippen LogP contribution in [0.4, 0.5) is 24.7 Å². The Morgan fingerprint density at radius 2 is 1.57 bits per heavy atom. The molecule has 0 saturated heterocycles. The van der Waals surface area contributed by atoms with Crippen molar-refractivity contribution in [1.29, 1.82) is 0 Å². The maximum absolute atomic E-state index is 12.8. The highest BCUT2D eigenvalue weighted by Crippen LogP contribution is 2.32. The van der Waals surface area contributed by atoms with Crippen LogP contribution in [0.5, 0.6) is 0 Å². The van der Waals surface area contributed by atoms with Crippen molar-refractivity contribution in [3.05, 3.63) is 46.4 Å². The highest BCUT2D eigenvalue weighted by atomic mass is 35.5. The van der Waals surface area contributed by atoms with Gasteiger partial charge in [-0.15, -0.1) is 0 Å². The first-order valence-corrected chi connectivity index (χ1v) is 6.48. The number of alkyl halides is 3. The molecule has 0 amide bonds. The second-order valence-corrected chi connectivity index (χ2v) is 5.12. The molecule has 0 radical (unpaired) electrons. The van der Waals surface area contributed by atoms with Crippen LogP contribution in [-0.2, 0) is 6.18 Å². The minimum absolute atomic E-state index is 0.0901. The minimum atomic E-state index is -4.56. The maximum Gasteiger partial charge on any atom is 0.433 e. The van der Waals surface area contributed by atoms with Gasteiger partial charge in [0.15, 0.2) is 5.69 Å². The summed E-state index contributed by atoms with van der Waals surface area (Å²) in [7, 11) is 1.63. The average Bonchev–Trinajstić information content (AvgIpc) is 2.35. The fourth-order valence-electron chi connectivity index (χ4n) is 2.00. The zero-order chi connectivity index (χ0) is 15.8. The monoisotopic (exact) mass is 315 g/mol. The van der Waals surface area contributed by atoms with Gasteiger partial charge in [0.05, 0.1) is 0 Å². The van der Waals surface area contributed by atoms with E-state index in [1.54, 1.807) is 11.9 Å². The van der Waals surface area contributed by atoms with Gasteiger partial charge in [-0.1, -0.05) is 6.07 Å². The van der Waals surface area contributed by atoms with Crippen LogP contribution in [0.3, 0.4) is 0 Å². The van der Waals surface area contributed by atoms with Crippen molar-refractivity contribution < 1.29 is 13.2 Å². The summed E-state index contributed by atoms with van der Waals surface area (Å²) in [6, 6.07) is 6.57. The van der Waals surface area contributed by atoms with Crippen molar-refractivity contribution >= 4 is 23.1 Å². The number of anilines is 2. The lowest BCUT2D eigenvalue weighted by Crippen LogP contribution is -2.15. The average molecular weight is 316 g/mol. The van der Waals surface area contributed by atoms with E-state index in [2.05, 4.69) is 9.97 Å². The quantitative estimate of drug-likeness (QED) is 0.762. The summed E-state index contributed by atoms with van der Waals surface area (Å²) in [5.41, 5.74) is 1.69. The minimum Gasteiger partial charge on any atom is -0.329 e. The Bertz CT molecular complexity index is 651. The van der Waals surface area contributed by atoms with Crippen LogP contribution in [0.2, 0.25) is 5.28 Å². The molecule has 7 heteroatoms. The molecule has 0 saturated carbocycles. The number of hydrogen-bond acceptors (Lipinski definition) is 3. The van der Waals surface area contributed by atoms with Crippen molar-refractivity contribution in [2.45, 2.75) is 20.0 Å².